The second-order valence-electron chi connectivity index (χ2n) is 4.86. The largest absolute Gasteiger partial charge is 0.325 e. The van der Waals surface area contributed by atoms with E-state index in [1.54, 1.807) is 12.2 Å². The average molecular weight is 291 g/mol. The predicted molar refractivity (Wildman–Crippen MR) is 80.7 cm³/mol. The third-order valence-corrected chi connectivity index (χ3v) is 3.61. The highest BCUT2D eigenvalue weighted by molar-refractivity contribution is 7.85. The van der Waals surface area contributed by atoms with E-state index in [0.29, 0.717) is 11.6 Å². The molecule has 2 aliphatic rings. The van der Waals surface area contributed by atoms with E-state index in [-0.39, 0.29) is 0 Å². The molecule has 0 saturated heterocycles. The molecule has 0 radical (unpaired) electrons. The third-order valence-electron chi connectivity index (χ3n) is 3.26. The van der Waals surface area contributed by atoms with Crippen LogP contribution in [0.4, 0.5) is 0 Å². The maximum absolute atomic E-state index is 10.9. The van der Waals surface area contributed by atoms with Gasteiger partial charge < -0.3 is 0 Å². The molecule has 0 bridgehead atoms. The van der Waals surface area contributed by atoms with Gasteiger partial charge in [0.15, 0.2) is 0 Å². The fourth-order valence-electron chi connectivity index (χ4n) is 2.01. The molecule has 2 rings (SSSR count). The smallest absolute Gasteiger partial charge is 0.268 e. The number of oxime groups is 1. The minimum absolute atomic E-state index is 0.370. The quantitative estimate of drug-likeness (QED) is 0.735. The molecule has 1 unspecified atom stereocenters. The summed E-state index contributed by atoms with van der Waals surface area (Å²) in [5.74, 6) is 0.370. The van der Waals surface area contributed by atoms with Crippen molar-refractivity contribution in [2.75, 3.05) is 6.26 Å². The van der Waals surface area contributed by atoms with Crippen LogP contribution in [0.2, 0.25) is 0 Å². The summed E-state index contributed by atoms with van der Waals surface area (Å²) in [6.07, 6.45) is 14.5. The van der Waals surface area contributed by atoms with Crippen LogP contribution < -0.4 is 0 Å². The Hall–Kier alpha value is -1.88. The molecule has 106 valence electrons. The Labute approximate surface area is 119 Å². The van der Waals surface area contributed by atoms with E-state index in [0.717, 1.165) is 11.8 Å². The SMILES string of the molecule is CC1=CC=CC(=C2C=CC(=NOS(C)(=O)=O)C=C2)C1C. The normalized spacial score (nSPS) is 22.1. The van der Waals surface area contributed by atoms with Crippen molar-refractivity contribution in [2.24, 2.45) is 11.1 Å². The van der Waals surface area contributed by atoms with Gasteiger partial charge in [0.05, 0.1) is 6.26 Å². The Morgan fingerprint density at radius 1 is 1.15 bits per heavy atom. The molecule has 4 nitrogen and oxygen atoms in total. The zero-order chi connectivity index (χ0) is 14.8. The summed E-state index contributed by atoms with van der Waals surface area (Å²) < 4.78 is 26.1. The molecule has 2 aliphatic carbocycles. The van der Waals surface area contributed by atoms with Gasteiger partial charge in [-0.3, -0.25) is 4.28 Å². The molecule has 1 atom stereocenters. The molecule has 0 N–H and O–H groups in total. The standard InChI is InChI=1S/C15H17NO3S/c1-11-5-4-6-15(12(11)2)13-7-9-14(10-8-13)16-19-20(3,17)18/h4-10,12H,1-3H3. The van der Waals surface area contributed by atoms with Gasteiger partial charge in [0.1, 0.15) is 5.71 Å². The van der Waals surface area contributed by atoms with Crippen molar-refractivity contribution >= 4 is 15.8 Å². The van der Waals surface area contributed by atoms with E-state index in [1.807, 2.05) is 18.2 Å². The van der Waals surface area contributed by atoms with Crippen LogP contribution in [0, 0.1) is 5.92 Å². The fraction of sp³-hybridized carbons (Fsp3) is 0.267. The van der Waals surface area contributed by atoms with Crippen molar-refractivity contribution in [3.05, 3.63) is 59.3 Å². The van der Waals surface area contributed by atoms with Gasteiger partial charge in [0.25, 0.3) is 0 Å². The van der Waals surface area contributed by atoms with Crippen LogP contribution in [-0.2, 0) is 14.4 Å². The van der Waals surface area contributed by atoms with Gasteiger partial charge in [0.2, 0.25) is 0 Å². The second kappa shape index (κ2) is 5.63. The molecular weight excluding hydrogens is 274 g/mol. The van der Waals surface area contributed by atoms with E-state index in [4.69, 9.17) is 0 Å². The summed E-state index contributed by atoms with van der Waals surface area (Å²) >= 11 is 0. The topological polar surface area (TPSA) is 55.7 Å². The molecule has 0 spiro atoms. The first-order valence-corrected chi connectivity index (χ1v) is 8.10. The lowest BCUT2D eigenvalue weighted by Crippen LogP contribution is -2.06. The van der Waals surface area contributed by atoms with Crippen molar-refractivity contribution in [3.63, 3.8) is 0 Å². The van der Waals surface area contributed by atoms with Crippen molar-refractivity contribution < 1.29 is 12.7 Å². The molecule has 0 aromatic carbocycles. The van der Waals surface area contributed by atoms with E-state index >= 15 is 0 Å². The molecule has 0 saturated carbocycles. The molecule has 0 amide bonds. The van der Waals surface area contributed by atoms with Crippen molar-refractivity contribution in [3.8, 4) is 0 Å². The highest BCUT2D eigenvalue weighted by Gasteiger charge is 2.14. The lowest BCUT2D eigenvalue weighted by molar-refractivity contribution is 0.344. The summed E-state index contributed by atoms with van der Waals surface area (Å²) in [6.45, 7) is 4.27. The fourth-order valence-corrected chi connectivity index (χ4v) is 2.23. The van der Waals surface area contributed by atoms with Crippen LogP contribution in [0.25, 0.3) is 0 Å². The van der Waals surface area contributed by atoms with E-state index in [1.165, 1.54) is 11.1 Å². The van der Waals surface area contributed by atoms with E-state index in [2.05, 4.69) is 35.4 Å². The van der Waals surface area contributed by atoms with Gasteiger partial charge >= 0.3 is 10.1 Å². The summed E-state index contributed by atoms with van der Waals surface area (Å²) in [5, 5.41) is 3.57. The van der Waals surface area contributed by atoms with Gasteiger partial charge in [-0.25, -0.2) is 0 Å². The molecule has 20 heavy (non-hydrogen) atoms. The second-order valence-corrected chi connectivity index (χ2v) is 6.42. The van der Waals surface area contributed by atoms with Gasteiger partial charge in [-0.15, -0.1) is 0 Å². The highest BCUT2D eigenvalue weighted by atomic mass is 32.2. The number of nitrogens with zero attached hydrogens (tertiary/aromatic N) is 1. The third kappa shape index (κ3) is 3.57. The summed E-state index contributed by atoms with van der Waals surface area (Å²) in [7, 11) is -3.56. The number of hydrogen-bond donors (Lipinski definition) is 0. The first-order valence-electron chi connectivity index (χ1n) is 6.28. The number of allylic oxidation sites excluding steroid dienone is 10. The molecule has 0 aromatic heterocycles. The maximum atomic E-state index is 10.9. The van der Waals surface area contributed by atoms with Gasteiger partial charge in [0, 0.05) is 5.92 Å². The Morgan fingerprint density at radius 3 is 2.40 bits per heavy atom. The van der Waals surface area contributed by atoms with Crippen LogP contribution in [0.1, 0.15) is 13.8 Å². The molecule has 0 heterocycles. The average Bonchev–Trinajstić information content (AvgIpc) is 2.40. The first kappa shape index (κ1) is 14.5. The minimum Gasteiger partial charge on any atom is -0.268 e. The number of rotatable bonds is 2. The molecule has 5 heteroatoms. The summed E-state index contributed by atoms with van der Waals surface area (Å²) in [5.41, 5.74) is 4.12. The van der Waals surface area contributed by atoms with Crippen molar-refractivity contribution in [1.29, 1.82) is 0 Å². The zero-order valence-corrected chi connectivity index (χ0v) is 12.5. The van der Waals surface area contributed by atoms with Crippen molar-refractivity contribution in [2.45, 2.75) is 13.8 Å². The zero-order valence-electron chi connectivity index (χ0n) is 11.7. The Balaban J connectivity index is 2.20. The van der Waals surface area contributed by atoms with Gasteiger partial charge in [-0.05, 0) is 30.2 Å². The van der Waals surface area contributed by atoms with Crippen LogP contribution in [-0.4, -0.2) is 20.4 Å². The molecule has 0 aromatic rings. The monoisotopic (exact) mass is 291 g/mol. The lowest BCUT2D eigenvalue weighted by atomic mass is 9.85. The van der Waals surface area contributed by atoms with Crippen LogP contribution in [0.15, 0.2) is 64.4 Å². The van der Waals surface area contributed by atoms with Crippen molar-refractivity contribution in [1.82, 2.24) is 0 Å². The molecule has 0 fully saturated rings. The van der Waals surface area contributed by atoms with Crippen LogP contribution in [0.5, 0.6) is 0 Å². The Bertz CT molecular complexity index is 671. The van der Waals surface area contributed by atoms with Gasteiger partial charge in [-0.2, -0.15) is 8.42 Å². The first-order chi connectivity index (χ1) is 9.37. The lowest BCUT2D eigenvalue weighted by Gasteiger charge is -2.20. The maximum Gasteiger partial charge on any atom is 0.325 e. The van der Waals surface area contributed by atoms with Crippen LogP contribution >= 0.6 is 0 Å². The number of hydrogen-bond acceptors (Lipinski definition) is 4. The van der Waals surface area contributed by atoms with E-state index in [9.17, 15) is 8.42 Å². The Kier molecular flexibility index (Phi) is 4.09. The minimum atomic E-state index is -3.56. The Morgan fingerprint density at radius 2 is 1.80 bits per heavy atom. The van der Waals surface area contributed by atoms with Gasteiger partial charge in [-0.1, -0.05) is 48.0 Å². The summed E-state index contributed by atoms with van der Waals surface area (Å²) in [6, 6.07) is 0. The van der Waals surface area contributed by atoms with E-state index < -0.39 is 10.1 Å². The highest BCUT2D eigenvalue weighted by Crippen LogP contribution is 2.29. The molecular formula is C15H17NO3S. The summed E-state index contributed by atoms with van der Waals surface area (Å²) in [4.78, 5) is 0. The molecule has 0 aliphatic heterocycles. The predicted octanol–water partition coefficient (Wildman–Crippen LogP) is 2.89. The van der Waals surface area contributed by atoms with Crippen LogP contribution in [0.3, 0.4) is 0 Å².